The fourth-order valence-corrected chi connectivity index (χ4v) is 6.42. The van der Waals surface area contributed by atoms with E-state index in [4.69, 9.17) is 26.1 Å². The number of ether oxygens (including phenoxy) is 2. The Morgan fingerprint density at radius 3 is 2.71 bits per heavy atom. The van der Waals surface area contributed by atoms with Gasteiger partial charge in [-0.1, -0.05) is 52.2 Å². The number of carbonyl (C=O) groups is 2. The lowest BCUT2D eigenvalue weighted by Crippen LogP contribution is -2.41. The third kappa shape index (κ3) is 4.40. The molecule has 5 rings (SSSR count). The van der Waals surface area contributed by atoms with Crippen LogP contribution in [0.1, 0.15) is 43.9 Å². The maximum Gasteiger partial charge on any atom is 0.338 e. The second kappa shape index (κ2) is 10.5. The van der Waals surface area contributed by atoms with Gasteiger partial charge in [0, 0.05) is 26.3 Å². The Hall–Kier alpha value is -3.21. The first-order valence-electron chi connectivity index (χ1n) is 12.0. The molecule has 11 heteroatoms. The number of nitrogens with zero attached hydrogens (tertiary/aromatic N) is 2. The fourth-order valence-electron chi connectivity index (χ4n) is 4.75. The molecule has 1 amide bonds. The number of amides is 1. The lowest BCUT2D eigenvalue weighted by Gasteiger charge is -2.27. The predicted molar refractivity (Wildman–Crippen MR) is 149 cm³/mol. The zero-order valence-electron chi connectivity index (χ0n) is 20.8. The van der Waals surface area contributed by atoms with Gasteiger partial charge >= 0.3 is 5.97 Å². The van der Waals surface area contributed by atoms with Crippen molar-refractivity contribution < 1.29 is 19.1 Å². The lowest BCUT2D eigenvalue weighted by molar-refractivity contribution is -0.139. The molecule has 2 aromatic carbocycles. The molecule has 1 aromatic heterocycles. The summed E-state index contributed by atoms with van der Waals surface area (Å²) in [6.45, 7) is 3.88. The minimum Gasteiger partial charge on any atom is -0.496 e. The van der Waals surface area contributed by atoms with Crippen LogP contribution in [0.5, 0.6) is 5.75 Å². The highest BCUT2D eigenvalue weighted by Crippen LogP contribution is 2.38. The van der Waals surface area contributed by atoms with Crippen LogP contribution >= 0.6 is 38.9 Å². The molecule has 8 nitrogen and oxygen atoms in total. The molecular formula is C27H23BrClN3O5S. The smallest absolute Gasteiger partial charge is 0.338 e. The largest absolute Gasteiger partial charge is 0.496 e. The van der Waals surface area contributed by atoms with E-state index in [1.54, 1.807) is 31.2 Å². The first-order chi connectivity index (χ1) is 18.3. The van der Waals surface area contributed by atoms with E-state index in [1.807, 2.05) is 19.1 Å². The summed E-state index contributed by atoms with van der Waals surface area (Å²) in [5.41, 5.74) is 2.29. The summed E-state index contributed by atoms with van der Waals surface area (Å²) in [5, 5.41) is 3.25. The first kappa shape index (κ1) is 26.4. The third-order valence-electron chi connectivity index (χ3n) is 6.31. The van der Waals surface area contributed by atoms with Crippen LogP contribution in [-0.2, 0) is 14.3 Å². The summed E-state index contributed by atoms with van der Waals surface area (Å²) in [5.74, 6) is -0.463. The van der Waals surface area contributed by atoms with Gasteiger partial charge in [0.1, 0.15) is 16.3 Å². The normalized spacial score (nSPS) is 17.5. The van der Waals surface area contributed by atoms with Crippen molar-refractivity contribution >= 4 is 62.0 Å². The van der Waals surface area contributed by atoms with Crippen molar-refractivity contribution in [1.82, 2.24) is 4.57 Å². The lowest BCUT2D eigenvalue weighted by atomic mass is 9.93. The van der Waals surface area contributed by atoms with Crippen molar-refractivity contribution in [2.45, 2.75) is 32.7 Å². The number of nitrogens with one attached hydrogen (secondary N) is 1. The van der Waals surface area contributed by atoms with Crippen molar-refractivity contribution in [3.05, 3.63) is 88.0 Å². The summed E-state index contributed by atoms with van der Waals surface area (Å²) in [4.78, 5) is 45.7. The van der Waals surface area contributed by atoms with Gasteiger partial charge in [-0.05, 0) is 49.7 Å². The minimum atomic E-state index is -0.878. The van der Waals surface area contributed by atoms with Gasteiger partial charge in [-0.2, -0.15) is 0 Å². The highest BCUT2D eigenvalue weighted by molar-refractivity contribution is 9.10. The highest BCUT2D eigenvalue weighted by atomic mass is 79.9. The molecule has 2 aliphatic rings. The Kier molecular flexibility index (Phi) is 7.30. The molecular weight excluding hydrogens is 594 g/mol. The zero-order chi connectivity index (χ0) is 27.1. The van der Waals surface area contributed by atoms with E-state index in [9.17, 15) is 14.4 Å². The summed E-state index contributed by atoms with van der Waals surface area (Å²) in [7, 11) is 1.53. The highest BCUT2D eigenvalue weighted by Gasteiger charge is 2.37. The van der Waals surface area contributed by atoms with E-state index >= 15 is 0 Å². The van der Waals surface area contributed by atoms with E-state index in [0.29, 0.717) is 44.5 Å². The monoisotopic (exact) mass is 615 g/mol. The van der Waals surface area contributed by atoms with Gasteiger partial charge in [0.2, 0.25) is 0 Å². The number of esters is 1. The SMILES string of the molecule is CCCC1=C(C(=O)OCC)[C@@H](c2cc(Br)ccc2OC)n2c(s/c(=C3/C(=O)Nc4ccc(Cl)cc43)c2=O)=N1. The van der Waals surface area contributed by atoms with E-state index in [-0.39, 0.29) is 22.3 Å². The van der Waals surface area contributed by atoms with Crippen molar-refractivity contribution in [2.75, 3.05) is 19.0 Å². The van der Waals surface area contributed by atoms with E-state index < -0.39 is 23.5 Å². The fraction of sp³-hybridized carbons (Fsp3) is 0.259. The number of benzene rings is 2. The van der Waals surface area contributed by atoms with Crippen molar-refractivity contribution in [3.8, 4) is 5.75 Å². The van der Waals surface area contributed by atoms with Crippen LogP contribution in [-0.4, -0.2) is 30.2 Å². The summed E-state index contributed by atoms with van der Waals surface area (Å²) < 4.78 is 13.5. The van der Waals surface area contributed by atoms with Gasteiger partial charge < -0.3 is 14.8 Å². The molecule has 3 heterocycles. The molecule has 0 aliphatic carbocycles. The average molecular weight is 617 g/mol. The maximum absolute atomic E-state index is 14.2. The van der Waals surface area contributed by atoms with Crippen LogP contribution in [0.15, 0.2) is 61.9 Å². The molecule has 0 fully saturated rings. The Balaban J connectivity index is 1.89. The van der Waals surface area contributed by atoms with E-state index in [1.165, 1.54) is 11.7 Å². The minimum absolute atomic E-state index is 0.163. The molecule has 3 aromatic rings. The number of carbonyl (C=O) groups excluding carboxylic acids is 2. The molecule has 0 saturated heterocycles. The molecule has 0 bridgehead atoms. The molecule has 2 aliphatic heterocycles. The summed E-state index contributed by atoms with van der Waals surface area (Å²) >= 11 is 10.8. The van der Waals surface area contributed by atoms with Gasteiger partial charge in [0.05, 0.1) is 30.6 Å². The van der Waals surface area contributed by atoms with Crippen LogP contribution in [0.25, 0.3) is 5.57 Å². The number of halogens is 2. The van der Waals surface area contributed by atoms with Gasteiger partial charge in [0.15, 0.2) is 4.80 Å². The molecule has 1 atom stereocenters. The van der Waals surface area contributed by atoms with Crippen LogP contribution in [0.2, 0.25) is 5.02 Å². The number of methoxy groups -OCH3 is 1. The Morgan fingerprint density at radius 2 is 2.00 bits per heavy atom. The van der Waals surface area contributed by atoms with E-state index in [0.717, 1.165) is 22.2 Å². The average Bonchev–Trinajstić information content (AvgIpc) is 3.38. The molecule has 0 unspecified atom stereocenters. The standard InChI is InChI=1S/C27H23BrClN3O5S/c1-4-6-18-21(26(35)37-5-2)22(16-11-13(28)7-10-19(16)36-3)32-25(34)23(38-27(32)31-18)20-15-12-14(29)8-9-17(15)30-24(20)33/h7-12,22H,4-6H2,1-3H3,(H,30,33)/b23-20+/t22-/m1/s1. The topological polar surface area (TPSA) is 99.0 Å². The number of hydrogen-bond acceptors (Lipinski definition) is 7. The Morgan fingerprint density at radius 1 is 1.21 bits per heavy atom. The van der Waals surface area contributed by atoms with Gasteiger partial charge in [0.25, 0.3) is 11.5 Å². The number of allylic oxidation sites excluding steroid dienone is 1. The number of thiazole rings is 1. The molecule has 0 saturated carbocycles. The third-order valence-corrected chi connectivity index (χ3v) is 8.09. The number of aromatic nitrogens is 1. The molecule has 1 N–H and O–H groups in total. The first-order valence-corrected chi connectivity index (χ1v) is 14.0. The van der Waals surface area contributed by atoms with Gasteiger partial charge in [-0.25, -0.2) is 9.79 Å². The van der Waals surface area contributed by atoms with E-state index in [2.05, 4.69) is 21.2 Å². The van der Waals surface area contributed by atoms with Gasteiger partial charge in [-0.3, -0.25) is 14.2 Å². The van der Waals surface area contributed by atoms with Crippen molar-refractivity contribution in [3.63, 3.8) is 0 Å². The Bertz CT molecular complexity index is 1710. The predicted octanol–water partition coefficient (Wildman–Crippen LogP) is 4.33. The number of anilines is 1. The van der Waals surface area contributed by atoms with Crippen LogP contribution in [0.3, 0.4) is 0 Å². The number of rotatable bonds is 6. The van der Waals surface area contributed by atoms with Crippen LogP contribution in [0.4, 0.5) is 5.69 Å². The quantitative estimate of drug-likeness (QED) is 0.416. The molecule has 38 heavy (non-hydrogen) atoms. The number of hydrogen-bond donors (Lipinski definition) is 1. The summed E-state index contributed by atoms with van der Waals surface area (Å²) in [6, 6.07) is 9.55. The summed E-state index contributed by atoms with van der Waals surface area (Å²) in [6.07, 6.45) is 1.22. The number of fused-ring (bicyclic) bond motifs is 2. The van der Waals surface area contributed by atoms with Crippen molar-refractivity contribution in [1.29, 1.82) is 0 Å². The second-order valence-electron chi connectivity index (χ2n) is 8.64. The molecule has 196 valence electrons. The zero-order valence-corrected chi connectivity index (χ0v) is 23.9. The molecule has 0 spiro atoms. The molecule has 0 radical (unpaired) electrons. The second-order valence-corrected chi connectivity index (χ2v) is 11.0. The van der Waals surface area contributed by atoms with Crippen LogP contribution < -0.4 is 24.9 Å². The van der Waals surface area contributed by atoms with Crippen molar-refractivity contribution in [2.24, 2.45) is 4.99 Å². The van der Waals surface area contributed by atoms with Gasteiger partial charge in [-0.15, -0.1) is 0 Å². The Labute approximate surface area is 235 Å². The maximum atomic E-state index is 14.2. The van der Waals surface area contributed by atoms with Crippen LogP contribution in [0, 0.1) is 0 Å².